The largest absolute Gasteiger partial charge is 0.329 e. The Morgan fingerprint density at radius 1 is 1.29 bits per heavy atom. The first-order chi connectivity index (χ1) is 6.72. The molecule has 1 unspecified atom stereocenters. The number of hydrogen-bond acceptors (Lipinski definition) is 3. The van der Waals surface area contributed by atoms with E-state index in [-0.39, 0.29) is 0 Å². The molecule has 1 rings (SSSR count). The maximum atomic E-state index is 5.68. The van der Waals surface area contributed by atoms with Crippen molar-refractivity contribution in [2.24, 2.45) is 5.73 Å². The van der Waals surface area contributed by atoms with E-state index in [9.17, 15) is 0 Å². The lowest BCUT2D eigenvalue weighted by molar-refractivity contribution is 0.243. The molecule has 0 aliphatic carbocycles. The second-order valence-electron chi connectivity index (χ2n) is 3.65. The first kappa shape index (κ1) is 11.2. The average Bonchev–Trinajstić information content (AvgIpc) is 2.17. The van der Waals surface area contributed by atoms with Gasteiger partial charge >= 0.3 is 0 Å². The zero-order chi connectivity index (χ0) is 10.4. The highest BCUT2D eigenvalue weighted by atomic mass is 15.5. The Morgan fingerprint density at radius 2 is 1.93 bits per heavy atom. The molecular formula is C11H19N3. The van der Waals surface area contributed by atoms with E-state index < -0.39 is 0 Å². The van der Waals surface area contributed by atoms with Gasteiger partial charge < -0.3 is 5.73 Å². The summed E-state index contributed by atoms with van der Waals surface area (Å²) in [5.41, 5.74) is 10.3. The third-order valence-electron chi connectivity index (χ3n) is 2.05. The summed E-state index contributed by atoms with van der Waals surface area (Å²) in [5.74, 6) is 0. The van der Waals surface area contributed by atoms with Crippen molar-refractivity contribution in [2.75, 3.05) is 20.6 Å². The molecule has 0 heterocycles. The van der Waals surface area contributed by atoms with E-state index in [4.69, 9.17) is 5.73 Å². The maximum absolute atomic E-state index is 5.68. The van der Waals surface area contributed by atoms with Crippen LogP contribution in [0.2, 0.25) is 0 Å². The van der Waals surface area contributed by atoms with Crippen molar-refractivity contribution in [1.29, 1.82) is 0 Å². The quantitative estimate of drug-likeness (QED) is 0.674. The van der Waals surface area contributed by atoms with Crippen LogP contribution in [-0.4, -0.2) is 31.7 Å². The average molecular weight is 193 g/mol. The minimum absolute atomic E-state index is 0.312. The summed E-state index contributed by atoms with van der Waals surface area (Å²) in [7, 11) is 3.96. The van der Waals surface area contributed by atoms with E-state index in [1.807, 2.05) is 25.2 Å². The van der Waals surface area contributed by atoms with Gasteiger partial charge in [0.25, 0.3) is 0 Å². The Labute approximate surface area is 85.9 Å². The smallest absolute Gasteiger partial charge is 0.0377 e. The lowest BCUT2D eigenvalue weighted by atomic mass is 10.1. The minimum atomic E-state index is 0.312. The first-order valence-electron chi connectivity index (χ1n) is 4.90. The predicted octanol–water partition coefficient (Wildman–Crippen LogP) is 0.623. The molecule has 0 radical (unpaired) electrons. The number of nitrogens with zero attached hydrogens (tertiary/aromatic N) is 1. The van der Waals surface area contributed by atoms with Crippen molar-refractivity contribution >= 4 is 0 Å². The Morgan fingerprint density at radius 3 is 2.43 bits per heavy atom. The Hall–Kier alpha value is -0.900. The number of hydrazine groups is 1. The van der Waals surface area contributed by atoms with Crippen LogP contribution in [0.15, 0.2) is 30.3 Å². The maximum Gasteiger partial charge on any atom is 0.0377 e. The van der Waals surface area contributed by atoms with Crippen LogP contribution in [0.1, 0.15) is 5.56 Å². The number of benzene rings is 1. The van der Waals surface area contributed by atoms with E-state index in [0.717, 1.165) is 6.42 Å². The van der Waals surface area contributed by atoms with Gasteiger partial charge in [-0.05, 0) is 12.0 Å². The van der Waals surface area contributed by atoms with Crippen molar-refractivity contribution in [2.45, 2.75) is 12.5 Å². The van der Waals surface area contributed by atoms with Gasteiger partial charge in [0, 0.05) is 26.7 Å². The third-order valence-corrected chi connectivity index (χ3v) is 2.05. The zero-order valence-corrected chi connectivity index (χ0v) is 8.90. The fraction of sp³-hybridized carbons (Fsp3) is 0.455. The number of hydrogen-bond donors (Lipinski definition) is 2. The second-order valence-corrected chi connectivity index (χ2v) is 3.65. The molecule has 0 saturated carbocycles. The number of rotatable bonds is 5. The molecule has 14 heavy (non-hydrogen) atoms. The molecule has 3 nitrogen and oxygen atoms in total. The summed E-state index contributed by atoms with van der Waals surface area (Å²) in [6, 6.07) is 10.7. The van der Waals surface area contributed by atoms with Crippen LogP contribution < -0.4 is 11.2 Å². The van der Waals surface area contributed by atoms with Crippen LogP contribution in [0, 0.1) is 0 Å². The van der Waals surface area contributed by atoms with Crippen LogP contribution in [0.5, 0.6) is 0 Å². The summed E-state index contributed by atoms with van der Waals surface area (Å²) in [5, 5.41) is 1.94. The second kappa shape index (κ2) is 5.75. The SMILES string of the molecule is CN(C)NC(CN)Cc1ccccc1. The molecule has 3 N–H and O–H groups in total. The van der Waals surface area contributed by atoms with Gasteiger partial charge in [0.05, 0.1) is 0 Å². The van der Waals surface area contributed by atoms with Gasteiger partial charge in [-0.25, -0.2) is 0 Å². The van der Waals surface area contributed by atoms with Crippen molar-refractivity contribution in [1.82, 2.24) is 10.4 Å². The monoisotopic (exact) mass is 193 g/mol. The normalized spacial score (nSPS) is 13.1. The van der Waals surface area contributed by atoms with Crippen molar-refractivity contribution < 1.29 is 0 Å². The standard InChI is InChI=1S/C11H19N3/c1-14(2)13-11(9-12)8-10-6-4-3-5-7-10/h3-7,11,13H,8-9,12H2,1-2H3. The zero-order valence-electron chi connectivity index (χ0n) is 8.90. The van der Waals surface area contributed by atoms with Crippen LogP contribution in [0.3, 0.4) is 0 Å². The van der Waals surface area contributed by atoms with Crippen LogP contribution in [-0.2, 0) is 6.42 Å². The van der Waals surface area contributed by atoms with Crippen molar-refractivity contribution in [3.05, 3.63) is 35.9 Å². The summed E-state index contributed by atoms with van der Waals surface area (Å²) in [6.07, 6.45) is 0.968. The van der Waals surface area contributed by atoms with Crippen LogP contribution >= 0.6 is 0 Å². The molecule has 0 aliphatic rings. The van der Waals surface area contributed by atoms with Crippen LogP contribution in [0.25, 0.3) is 0 Å². The molecule has 0 bridgehead atoms. The molecule has 78 valence electrons. The molecule has 0 aliphatic heterocycles. The van der Waals surface area contributed by atoms with E-state index in [0.29, 0.717) is 12.6 Å². The molecule has 1 aromatic rings. The number of nitrogens with one attached hydrogen (secondary N) is 1. The van der Waals surface area contributed by atoms with Gasteiger partial charge in [-0.15, -0.1) is 0 Å². The predicted molar refractivity (Wildman–Crippen MR) is 59.8 cm³/mol. The van der Waals surface area contributed by atoms with Crippen LogP contribution in [0.4, 0.5) is 0 Å². The van der Waals surface area contributed by atoms with E-state index >= 15 is 0 Å². The molecule has 0 aromatic heterocycles. The lowest BCUT2D eigenvalue weighted by Crippen LogP contribution is -2.45. The van der Waals surface area contributed by atoms with Gasteiger partial charge in [0.2, 0.25) is 0 Å². The molecular weight excluding hydrogens is 174 g/mol. The fourth-order valence-electron chi connectivity index (χ4n) is 1.45. The highest BCUT2D eigenvalue weighted by molar-refractivity contribution is 5.15. The van der Waals surface area contributed by atoms with E-state index in [1.54, 1.807) is 0 Å². The molecule has 1 atom stereocenters. The lowest BCUT2D eigenvalue weighted by Gasteiger charge is -2.21. The molecule has 0 spiro atoms. The van der Waals surface area contributed by atoms with Crippen molar-refractivity contribution in [3.63, 3.8) is 0 Å². The molecule has 0 saturated heterocycles. The van der Waals surface area contributed by atoms with Crippen molar-refractivity contribution in [3.8, 4) is 0 Å². The van der Waals surface area contributed by atoms with Gasteiger partial charge in [0.1, 0.15) is 0 Å². The minimum Gasteiger partial charge on any atom is -0.329 e. The van der Waals surface area contributed by atoms with E-state index in [1.165, 1.54) is 5.56 Å². The highest BCUT2D eigenvalue weighted by Crippen LogP contribution is 2.02. The molecule has 0 amide bonds. The van der Waals surface area contributed by atoms with Gasteiger partial charge in [-0.2, -0.15) is 0 Å². The summed E-state index contributed by atoms with van der Waals surface area (Å²) in [6.45, 7) is 0.646. The Kier molecular flexibility index (Phi) is 4.59. The van der Waals surface area contributed by atoms with Gasteiger partial charge in [-0.1, -0.05) is 30.3 Å². The summed E-state index contributed by atoms with van der Waals surface area (Å²) in [4.78, 5) is 0. The van der Waals surface area contributed by atoms with E-state index in [2.05, 4.69) is 29.7 Å². The van der Waals surface area contributed by atoms with Gasteiger partial charge in [0.15, 0.2) is 0 Å². The first-order valence-corrected chi connectivity index (χ1v) is 4.90. The molecule has 0 fully saturated rings. The topological polar surface area (TPSA) is 41.3 Å². The summed E-state index contributed by atoms with van der Waals surface area (Å²) < 4.78 is 0. The molecule has 3 heteroatoms. The fourth-order valence-corrected chi connectivity index (χ4v) is 1.45. The highest BCUT2D eigenvalue weighted by Gasteiger charge is 2.07. The summed E-state index contributed by atoms with van der Waals surface area (Å²) >= 11 is 0. The third kappa shape index (κ3) is 3.87. The molecule has 1 aromatic carbocycles. The Balaban J connectivity index is 2.48. The van der Waals surface area contributed by atoms with Gasteiger partial charge in [-0.3, -0.25) is 10.4 Å². The Bertz CT molecular complexity index is 246. The number of nitrogens with two attached hydrogens (primary N) is 1.